The first-order valence-corrected chi connectivity index (χ1v) is 2.74. The van der Waals surface area contributed by atoms with Crippen LogP contribution in [0.3, 0.4) is 0 Å². The Morgan fingerprint density at radius 3 is 2.57 bits per heavy atom. The van der Waals surface area contributed by atoms with E-state index in [1.807, 2.05) is 0 Å². The van der Waals surface area contributed by atoms with Gasteiger partial charge in [0.05, 0.1) is 0 Å². The molecule has 0 saturated heterocycles. The van der Waals surface area contributed by atoms with Crippen LogP contribution >= 0.6 is 0 Å². The van der Waals surface area contributed by atoms with Crippen molar-refractivity contribution in [2.24, 2.45) is 5.73 Å². The third-order valence-electron chi connectivity index (χ3n) is 1.54. The summed E-state index contributed by atoms with van der Waals surface area (Å²) in [5.41, 5.74) is 6.81. The Morgan fingerprint density at radius 1 is 1.71 bits per heavy atom. The first-order chi connectivity index (χ1) is 3.30. The van der Waals surface area contributed by atoms with E-state index < -0.39 is 0 Å². The molecule has 1 nitrogen and oxygen atoms in total. The summed E-state index contributed by atoms with van der Waals surface area (Å²) in [6, 6.07) is 0.319. The predicted octanol–water partition coefficient (Wildman–Crippen LogP) is 1.05. The molecule has 0 aromatic rings. The van der Waals surface area contributed by atoms with Crippen LogP contribution in [0.5, 0.6) is 0 Å². The molecular formula is C6H11N. The van der Waals surface area contributed by atoms with Crippen LogP contribution in [0.1, 0.15) is 19.3 Å². The minimum atomic E-state index is 0.319. The maximum absolute atomic E-state index is 5.58. The molecule has 1 aliphatic rings. The highest BCUT2D eigenvalue weighted by Crippen LogP contribution is 2.20. The van der Waals surface area contributed by atoms with E-state index in [2.05, 4.69) is 6.58 Å². The topological polar surface area (TPSA) is 26.0 Å². The minimum absolute atomic E-state index is 0.319. The van der Waals surface area contributed by atoms with E-state index in [0.717, 1.165) is 12.8 Å². The Balaban J connectivity index is 2.48. The molecule has 0 spiro atoms. The molecule has 0 bridgehead atoms. The van der Waals surface area contributed by atoms with Gasteiger partial charge in [-0.05, 0) is 19.3 Å². The lowest BCUT2D eigenvalue weighted by atomic mass is 10.2. The third kappa shape index (κ3) is 0.829. The molecule has 1 rings (SSSR count). The highest BCUT2D eigenvalue weighted by Gasteiger charge is 2.12. The van der Waals surface area contributed by atoms with E-state index in [9.17, 15) is 0 Å². The zero-order valence-electron chi connectivity index (χ0n) is 4.48. The number of nitrogens with two attached hydrogens (primary N) is 1. The monoisotopic (exact) mass is 97.1 g/mol. The fourth-order valence-electron chi connectivity index (χ4n) is 0.939. The molecule has 0 aromatic carbocycles. The van der Waals surface area contributed by atoms with Gasteiger partial charge in [0.25, 0.3) is 0 Å². The van der Waals surface area contributed by atoms with Crippen LogP contribution in [-0.2, 0) is 0 Å². The van der Waals surface area contributed by atoms with Gasteiger partial charge in [-0.15, -0.1) is 0 Å². The van der Waals surface area contributed by atoms with E-state index >= 15 is 0 Å². The fourth-order valence-corrected chi connectivity index (χ4v) is 0.939. The minimum Gasteiger partial charge on any atom is -0.324 e. The molecule has 2 N–H and O–H groups in total. The molecule has 1 fully saturated rings. The zero-order chi connectivity index (χ0) is 5.28. The van der Waals surface area contributed by atoms with E-state index in [4.69, 9.17) is 5.73 Å². The lowest BCUT2D eigenvalue weighted by Crippen LogP contribution is -2.15. The van der Waals surface area contributed by atoms with E-state index in [1.165, 1.54) is 12.0 Å². The van der Waals surface area contributed by atoms with E-state index in [1.54, 1.807) is 0 Å². The van der Waals surface area contributed by atoms with Crippen LogP contribution in [0.15, 0.2) is 12.2 Å². The molecule has 7 heavy (non-hydrogen) atoms. The fraction of sp³-hybridized carbons (Fsp3) is 0.667. The number of hydrogen-bond donors (Lipinski definition) is 1. The molecule has 0 aliphatic heterocycles. The van der Waals surface area contributed by atoms with Gasteiger partial charge in [-0.3, -0.25) is 0 Å². The molecule has 0 heterocycles. The SMILES string of the molecule is C=C1CCC[C@H]1N. The summed E-state index contributed by atoms with van der Waals surface area (Å²) in [4.78, 5) is 0. The van der Waals surface area contributed by atoms with Crippen LogP contribution in [-0.4, -0.2) is 6.04 Å². The summed E-state index contributed by atoms with van der Waals surface area (Å²) in [6.45, 7) is 3.81. The summed E-state index contributed by atoms with van der Waals surface area (Å²) >= 11 is 0. The van der Waals surface area contributed by atoms with Gasteiger partial charge in [-0.25, -0.2) is 0 Å². The molecule has 1 heteroatoms. The molecular weight excluding hydrogens is 86.1 g/mol. The second-order valence-electron chi connectivity index (χ2n) is 2.16. The van der Waals surface area contributed by atoms with Crippen molar-refractivity contribution in [2.45, 2.75) is 25.3 Å². The first kappa shape index (κ1) is 4.85. The van der Waals surface area contributed by atoms with Crippen molar-refractivity contribution in [3.05, 3.63) is 12.2 Å². The molecule has 1 atom stereocenters. The molecule has 1 aliphatic carbocycles. The maximum Gasteiger partial charge on any atom is 0.0251 e. The van der Waals surface area contributed by atoms with Gasteiger partial charge in [-0.1, -0.05) is 12.2 Å². The molecule has 40 valence electrons. The smallest absolute Gasteiger partial charge is 0.0251 e. The lowest BCUT2D eigenvalue weighted by molar-refractivity contribution is 0.774. The second-order valence-corrected chi connectivity index (χ2v) is 2.16. The summed E-state index contributed by atoms with van der Waals surface area (Å²) in [5.74, 6) is 0. The van der Waals surface area contributed by atoms with E-state index in [-0.39, 0.29) is 0 Å². The number of hydrogen-bond acceptors (Lipinski definition) is 1. The quantitative estimate of drug-likeness (QED) is 0.449. The molecule has 0 aromatic heterocycles. The van der Waals surface area contributed by atoms with Crippen LogP contribution in [0.4, 0.5) is 0 Å². The molecule has 0 amide bonds. The zero-order valence-corrected chi connectivity index (χ0v) is 4.48. The Labute approximate surface area is 44.2 Å². The highest BCUT2D eigenvalue weighted by atomic mass is 14.6. The van der Waals surface area contributed by atoms with Gasteiger partial charge in [0.15, 0.2) is 0 Å². The van der Waals surface area contributed by atoms with Crippen molar-refractivity contribution >= 4 is 0 Å². The van der Waals surface area contributed by atoms with E-state index in [0.29, 0.717) is 6.04 Å². The van der Waals surface area contributed by atoms with Gasteiger partial charge in [0.1, 0.15) is 0 Å². The van der Waals surface area contributed by atoms with Gasteiger partial charge >= 0.3 is 0 Å². The average Bonchev–Trinajstić information content (AvgIpc) is 1.91. The molecule has 0 unspecified atom stereocenters. The highest BCUT2D eigenvalue weighted by molar-refractivity contribution is 5.08. The van der Waals surface area contributed by atoms with Crippen molar-refractivity contribution in [3.8, 4) is 0 Å². The van der Waals surface area contributed by atoms with Crippen LogP contribution in [0.25, 0.3) is 0 Å². The van der Waals surface area contributed by atoms with Crippen molar-refractivity contribution in [1.82, 2.24) is 0 Å². The maximum atomic E-state index is 5.58. The standard InChI is InChI=1S/C6H11N/c1-5-3-2-4-6(5)7/h6H,1-4,7H2/t6-/m1/s1. The summed E-state index contributed by atoms with van der Waals surface area (Å²) in [6.07, 6.45) is 3.56. The van der Waals surface area contributed by atoms with Crippen LogP contribution in [0, 0.1) is 0 Å². The largest absolute Gasteiger partial charge is 0.324 e. The van der Waals surface area contributed by atoms with Crippen molar-refractivity contribution in [3.63, 3.8) is 0 Å². The Hall–Kier alpha value is -0.300. The first-order valence-electron chi connectivity index (χ1n) is 2.74. The lowest BCUT2D eigenvalue weighted by Gasteiger charge is -1.98. The van der Waals surface area contributed by atoms with Gasteiger partial charge < -0.3 is 5.73 Å². The van der Waals surface area contributed by atoms with Crippen molar-refractivity contribution < 1.29 is 0 Å². The number of rotatable bonds is 0. The Kier molecular flexibility index (Phi) is 1.15. The van der Waals surface area contributed by atoms with Crippen molar-refractivity contribution in [2.75, 3.05) is 0 Å². The van der Waals surface area contributed by atoms with Gasteiger partial charge in [-0.2, -0.15) is 0 Å². The van der Waals surface area contributed by atoms with Crippen LogP contribution in [0.2, 0.25) is 0 Å². The van der Waals surface area contributed by atoms with Gasteiger partial charge in [0.2, 0.25) is 0 Å². The molecule has 0 radical (unpaired) electrons. The Morgan fingerprint density at radius 2 is 2.43 bits per heavy atom. The van der Waals surface area contributed by atoms with Crippen LogP contribution < -0.4 is 5.73 Å². The second kappa shape index (κ2) is 1.66. The summed E-state index contributed by atoms with van der Waals surface area (Å²) in [5, 5.41) is 0. The molecule has 1 saturated carbocycles. The third-order valence-corrected chi connectivity index (χ3v) is 1.54. The average molecular weight is 97.2 g/mol. The summed E-state index contributed by atoms with van der Waals surface area (Å²) in [7, 11) is 0. The van der Waals surface area contributed by atoms with Crippen molar-refractivity contribution in [1.29, 1.82) is 0 Å². The van der Waals surface area contributed by atoms with Gasteiger partial charge in [0, 0.05) is 6.04 Å². The predicted molar refractivity (Wildman–Crippen MR) is 31.0 cm³/mol. The normalized spacial score (nSPS) is 31.6. The Bertz CT molecular complexity index is 86.2. The summed E-state index contributed by atoms with van der Waals surface area (Å²) < 4.78 is 0.